The molecule has 1 heterocycles. The Morgan fingerprint density at radius 1 is 1.00 bits per heavy atom. The molecule has 120 valence electrons. The molecule has 0 saturated carbocycles. The molecule has 0 spiro atoms. The third-order valence-corrected chi connectivity index (χ3v) is 3.75. The lowest BCUT2D eigenvalue weighted by Gasteiger charge is -2.11. The highest BCUT2D eigenvalue weighted by atomic mass is 35.5. The van der Waals surface area contributed by atoms with Crippen LogP contribution in [0.2, 0.25) is 5.02 Å². The van der Waals surface area contributed by atoms with Crippen LogP contribution in [0.1, 0.15) is 11.3 Å². The molecule has 0 aliphatic heterocycles. The molecule has 8 heteroatoms. The highest BCUT2D eigenvalue weighted by Crippen LogP contribution is 2.37. The van der Waals surface area contributed by atoms with Crippen LogP contribution in [0.25, 0.3) is 22.4 Å². The summed E-state index contributed by atoms with van der Waals surface area (Å²) < 4.78 is 38.8. The molecule has 0 radical (unpaired) electrons. The fraction of sp³-hybridized carbons (Fsp3) is 0.0625. The second-order valence-electron chi connectivity index (χ2n) is 4.92. The zero-order valence-corrected chi connectivity index (χ0v) is 12.7. The van der Waals surface area contributed by atoms with Crippen molar-refractivity contribution in [2.24, 2.45) is 0 Å². The highest BCUT2D eigenvalue weighted by molar-refractivity contribution is 6.31. The Hall–Kier alpha value is -2.85. The molecule has 3 aromatic rings. The van der Waals surface area contributed by atoms with E-state index in [0.29, 0.717) is 22.4 Å². The third-order valence-electron chi connectivity index (χ3n) is 3.42. The zero-order chi connectivity index (χ0) is 17.3. The number of nitriles is 1. The average Bonchev–Trinajstić information content (AvgIpc) is 3.03. The largest absolute Gasteiger partial charge is 0.417 e. The molecule has 1 aromatic heterocycles. The number of nitrogens with zero attached hydrogens (tertiary/aromatic N) is 3. The van der Waals surface area contributed by atoms with E-state index >= 15 is 0 Å². The van der Waals surface area contributed by atoms with Gasteiger partial charge in [0, 0.05) is 5.56 Å². The lowest BCUT2D eigenvalue weighted by atomic mass is 10.0. The van der Waals surface area contributed by atoms with Gasteiger partial charge in [-0.05, 0) is 23.3 Å². The maximum absolute atomic E-state index is 12.9. The fourth-order valence-corrected chi connectivity index (χ4v) is 2.48. The van der Waals surface area contributed by atoms with E-state index in [4.69, 9.17) is 16.9 Å². The van der Waals surface area contributed by atoms with E-state index in [1.807, 2.05) is 6.07 Å². The summed E-state index contributed by atoms with van der Waals surface area (Å²) in [5.41, 5.74) is 1.33. The number of hydrogen-bond donors (Lipinski definition) is 1. The van der Waals surface area contributed by atoms with Gasteiger partial charge in [-0.25, -0.2) is 5.10 Å². The first-order valence-corrected chi connectivity index (χ1v) is 7.06. The molecule has 0 fully saturated rings. The Kier molecular flexibility index (Phi) is 3.99. The molecule has 0 amide bonds. The van der Waals surface area contributed by atoms with Crippen LogP contribution >= 0.6 is 11.6 Å². The second kappa shape index (κ2) is 5.98. The maximum Gasteiger partial charge on any atom is 0.417 e. The SMILES string of the molecule is N#Cc1[nH]nnc1-c1ccc(-c2ccc(Cl)c(C(F)(F)F)c2)cc1. The molecule has 0 aliphatic carbocycles. The lowest BCUT2D eigenvalue weighted by Crippen LogP contribution is -2.05. The number of aromatic nitrogens is 3. The van der Waals surface area contributed by atoms with Crippen molar-refractivity contribution >= 4 is 11.6 Å². The van der Waals surface area contributed by atoms with Gasteiger partial charge in [0.15, 0.2) is 5.69 Å². The van der Waals surface area contributed by atoms with Crippen LogP contribution in [-0.2, 0) is 6.18 Å². The van der Waals surface area contributed by atoms with Crippen LogP contribution in [-0.4, -0.2) is 15.4 Å². The third kappa shape index (κ3) is 2.96. The van der Waals surface area contributed by atoms with Gasteiger partial charge in [0.05, 0.1) is 10.6 Å². The van der Waals surface area contributed by atoms with Gasteiger partial charge in [0.2, 0.25) is 0 Å². The van der Waals surface area contributed by atoms with Crippen LogP contribution in [0.5, 0.6) is 0 Å². The van der Waals surface area contributed by atoms with Gasteiger partial charge >= 0.3 is 6.18 Å². The van der Waals surface area contributed by atoms with Gasteiger partial charge in [-0.2, -0.15) is 18.4 Å². The summed E-state index contributed by atoms with van der Waals surface area (Å²) in [6, 6.07) is 12.3. The standard InChI is InChI=1S/C16H8ClF3N4/c17-13-6-5-11(7-12(13)16(18,19)20)9-1-3-10(4-2-9)15-14(8-21)22-24-23-15/h1-7H,(H,22,23,24). The first-order chi connectivity index (χ1) is 11.4. The Morgan fingerprint density at radius 3 is 2.25 bits per heavy atom. The van der Waals surface area contributed by atoms with Crippen molar-refractivity contribution < 1.29 is 13.2 Å². The normalized spacial score (nSPS) is 11.3. The van der Waals surface area contributed by atoms with Gasteiger partial charge in [0.1, 0.15) is 11.8 Å². The number of hydrogen-bond acceptors (Lipinski definition) is 3. The van der Waals surface area contributed by atoms with E-state index in [-0.39, 0.29) is 10.7 Å². The topological polar surface area (TPSA) is 65.4 Å². The van der Waals surface area contributed by atoms with Gasteiger partial charge in [-0.3, -0.25) is 0 Å². The van der Waals surface area contributed by atoms with E-state index in [0.717, 1.165) is 6.07 Å². The van der Waals surface area contributed by atoms with E-state index < -0.39 is 11.7 Å². The maximum atomic E-state index is 12.9. The van der Waals surface area contributed by atoms with Crippen LogP contribution in [0.4, 0.5) is 13.2 Å². The molecule has 0 unspecified atom stereocenters. The molecule has 0 bridgehead atoms. The number of alkyl halides is 3. The van der Waals surface area contributed by atoms with Gasteiger partial charge in [-0.1, -0.05) is 47.1 Å². The minimum absolute atomic E-state index is 0.216. The zero-order valence-electron chi connectivity index (χ0n) is 11.9. The summed E-state index contributed by atoms with van der Waals surface area (Å²) in [7, 11) is 0. The number of rotatable bonds is 2. The number of halogens is 4. The number of benzene rings is 2. The quantitative estimate of drug-likeness (QED) is 0.731. The van der Waals surface area contributed by atoms with Crippen molar-refractivity contribution in [3.05, 3.63) is 58.7 Å². The van der Waals surface area contributed by atoms with Crippen LogP contribution < -0.4 is 0 Å². The van der Waals surface area contributed by atoms with Crippen molar-refractivity contribution in [1.82, 2.24) is 15.4 Å². The fourth-order valence-electron chi connectivity index (χ4n) is 2.25. The van der Waals surface area contributed by atoms with Crippen LogP contribution in [0.15, 0.2) is 42.5 Å². The summed E-state index contributed by atoms with van der Waals surface area (Å²) in [5, 5.41) is 18.5. The molecule has 0 aliphatic rings. The Labute approximate surface area is 139 Å². The molecular weight excluding hydrogens is 341 g/mol. The Morgan fingerprint density at radius 2 is 1.62 bits per heavy atom. The van der Waals surface area contributed by atoms with Gasteiger partial charge < -0.3 is 0 Å². The summed E-state index contributed by atoms with van der Waals surface area (Å²) >= 11 is 5.63. The monoisotopic (exact) mass is 348 g/mol. The Balaban J connectivity index is 1.99. The molecule has 0 atom stereocenters. The predicted molar refractivity (Wildman–Crippen MR) is 82.0 cm³/mol. The van der Waals surface area contributed by atoms with Crippen molar-refractivity contribution in [2.75, 3.05) is 0 Å². The Bertz CT molecular complexity index is 924. The van der Waals surface area contributed by atoms with Gasteiger partial charge in [-0.15, -0.1) is 5.10 Å². The van der Waals surface area contributed by atoms with E-state index in [2.05, 4.69) is 15.4 Å². The summed E-state index contributed by atoms with van der Waals surface area (Å²) in [6.07, 6.45) is -4.52. The second-order valence-corrected chi connectivity index (χ2v) is 5.32. The number of H-pyrrole nitrogens is 1. The first kappa shape index (κ1) is 16.0. The van der Waals surface area contributed by atoms with E-state index in [1.54, 1.807) is 24.3 Å². The smallest absolute Gasteiger partial charge is 0.247 e. The first-order valence-electron chi connectivity index (χ1n) is 6.69. The summed E-state index contributed by atoms with van der Waals surface area (Å²) in [6.45, 7) is 0. The van der Waals surface area contributed by atoms with Crippen LogP contribution in [0, 0.1) is 11.3 Å². The minimum atomic E-state index is -4.52. The van der Waals surface area contributed by atoms with Gasteiger partial charge in [0.25, 0.3) is 0 Å². The summed E-state index contributed by atoms with van der Waals surface area (Å²) in [4.78, 5) is 0. The summed E-state index contributed by atoms with van der Waals surface area (Å²) in [5.74, 6) is 0. The van der Waals surface area contributed by atoms with Crippen LogP contribution in [0.3, 0.4) is 0 Å². The minimum Gasteiger partial charge on any atom is -0.247 e. The predicted octanol–water partition coefficient (Wildman–Crippen LogP) is 4.68. The lowest BCUT2D eigenvalue weighted by molar-refractivity contribution is -0.137. The van der Waals surface area contributed by atoms with Crippen molar-refractivity contribution in [2.45, 2.75) is 6.18 Å². The van der Waals surface area contributed by atoms with E-state index in [9.17, 15) is 13.2 Å². The molecule has 2 aromatic carbocycles. The molecule has 24 heavy (non-hydrogen) atoms. The molecule has 0 saturated heterocycles. The molecule has 4 nitrogen and oxygen atoms in total. The molecule has 3 rings (SSSR count). The number of aromatic amines is 1. The van der Waals surface area contributed by atoms with Crippen molar-refractivity contribution in [3.63, 3.8) is 0 Å². The number of nitrogens with one attached hydrogen (secondary N) is 1. The molecule has 1 N–H and O–H groups in total. The highest BCUT2D eigenvalue weighted by Gasteiger charge is 2.33. The van der Waals surface area contributed by atoms with Crippen molar-refractivity contribution in [1.29, 1.82) is 5.26 Å². The van der Waals surface area contributed by atoms with Crippen molar-refractivity contribution in [3.8, 4) is 28.5 Å². The molecular formula is C16H8ClF3N4. The average molecular weight is 349 g/mol. The van der Waals surface area contributed by atoms with E-state index in [1.165, 1.54) is 12.1 Å².